The summed E-state index contributed by atoms with van der Waals surface area (Å²) in [6, 6.07) is 7.03. The summed E-state index contributed by atoms with van der Waals surface area (Å²) in [5.41, 5.74) is -0.423. The van der Waals surface area contributed by atoms with Crippen molar-refractivity contribution in [3.05, 3.63) is 52.8 Å². The molecule has 0 aliphatic carbocycles. The SMILES string of the molecule is C[C@@H]1CN(c2ccc(S(=O)(=O)N3CCN(c4ccc(F)cc4C(F)(F)F)C[C@H]3C)c(Cl)c2)CCN1. The van der Waals surface area contributed by atoms with Gasteiger partial charge in [0.1, 0.15) is 10.7 Å². The van der Waals surface area contributed by atoms with Gasteiger partial charge in [0.2, 0.25) is 10.0 Å². The third-order valence-corrected chi connectivity index (χ3v) is 8.90. The molecule has 12 heteroatoms. The molecule has 35 heavy (non-hydrogen) atoms. The average Bonchev–Trinajstić information content (AvgIpc) is 2.78. The molecule has 2 aliphatic heterocycles. The van der Waals surface area contributed by atoms with Gasteiger partial charge in [0.15, 0.2) is 0 Å². The summed E-state index contributed by atoms with van der Waals surface area (Å²) >= 11 is 6.43. The van der Waals surface area contributed by atoms with Crippen LogP contribution in [0.3, 0.4) is 0 Å². The number of halogens is 5. The highest BCUT2D eigenvalue weighted by atomic mass is 35.5. The maximum atomic E-state index is 13.5. The smallest absolute Gasteiger partial charge is 0.369 e. The molecule has 2 saturated heterocycles. The van der Waals surface area contributed by atoms with Crippen LogP contribution >= 0.6 is 11.6 Å². The maximum absolute atomic E-state index is 13.5. The van der Waals surface area contributed by atoms with E-state index in [0.717, 1.165) is 37.5 Å². The highest BCUT2D eigenvalue weighted by molar-refractivity contribution is 7.89. The van der Waals surface area contributed by atoms with Crippen molar-refractivity contribution in [1.29, 1.82) is 0 Å². The van der Waals surface area contributed by atoms with Gasteiger partial charge in [-0.3, -0.25) is 0 Å². The molecule has 0 bridgehead atoms. The predicted octanol–water partition coefficient (Wildman–Crippen LogP) is 4.20. The number of sulfonamides is 1. The first-order valence-electron chi connectivity index (χ1n) is 11.3. The summed E-state index contributed by atoms with van der Waals surface area (Å²) < 4.78 is 82.1. The number of piperazine rings is 2. The zero-order valence-electron chi connectivity index (χ0n) is 19.3. The normalized spacial score (nSPS) is 22.5. The average molecular weight is 535 g/mol. The van der Waals surface area contributed by atoms with Crippen LogP contribution in [0.4, 0.5) is 28.9 Å². The standard InChI is InChI=1S/C23H27ClF4N4O2S/c1-15-13-30(8-7-29-15)18-4-6-22(20(24)12-18)35(33,34)32-10-9-31(14-16(32)2)21-5-3-17(25)11-19(21)23(26,27)28/h3-6,11-12,15-16,29H,7-10,13-14H2,1-2H3/t15-,16-/m1/s1. The molecule has 1 N–H and O–H groups in total. The summed E-state index contributed by atoms with van der Waals surface area (Å²) in [6.07, 6.45) is -4.73. The fraction of sp³-hybridized carbons (Fsp3) is 0.478. The number of benzene rings is 2. The Morgan fingerprint density at radius 1 is 1.00 bits per heavy atom. The number of nitrogens with zero attached hydrogens (tertiary/aromatic N) is 3. The van der Waals surface area contributed by atoms with Gasteiger partial charge in [0.25, 0.3) is 0 Å². The first kappa shape index (κ1) is 26.0. The molecule has 0 amide bonds. The number of alkyl halides is 3. The molecule has 6 nitrogen and oxygen atoms in total. The first-order valence-corrected chi connectivity index (χ1v) is 13.1. The van der Waals surface area contributed by atoms with Crippen molar-refractivity contribution in [2.75, 3.05) is 49.1 Å². The summed E-state index contributed by atoms with van der Waals surface area (Å²) in [7, 11) is -3.99. The number of rotatable bonds is 4. The Labute approximate surface area is 207 Å². The third kappa shape index (κ3) is 5.37. The molecular formula is C23H27ClF4N4O2S. The van der Waals surface area contributed by atoms with Crippen LogP contribution in [0.5, 0.6) is 0 Å². The topological polar surface area (TPSA) is 55.9 Å². The second-order valence-electron chi connectivity index (χ2n) is 8.99. The third-order valence-electron chi connectivity index (χ3n) is 6.41. The minimum atomic E-state index is -4.73. The van der Waals surface area contributed by atoms with Gasteiger partial charge < -0.3 is 15.1 Å². The second kappa shape index (κ2) is 9.76. The minimum absolute atomic E-state index is 0.0162. The van der Waals surface area contributed by atoms with Crippen LogP contribution in [0, 0.1) is 5.82 Å². The Balaban J connectivity index is 1.54. The predicted molar refractivity (Wildman–Crippen MR) is 128 cm³/mol. The first-order chi connectivity index (χ1) is 16.4. The van der Waals surface area contributed by atoms with E-state index in [1.54, 1.807) is 19.1 Å². The lowest BCUT2D eigenvalue weighted by Gasteiger charge is -2.41. The fourth-order valence-electron chi connectivity index (χ4n) is 4.72. The van der Waals surface area contributed by atoms with Gasteiger partial charge in [-0.1, -0.05) is 11.6 Å². The van der Waals surface area contributed by atoms with Crippen molar-refractivity contribution >= 4 is 33.0 Å². The molecule has 0 spiro atoms. The maximum Gasteiger partial charge on any atom is 0.418 e. The lowest BCUT2D eigenvalue weighted by molar-refractivity contribution is -0.137. The summed E-state index contributed by atoms with van der Waals surface area (Å²) in [4.78, 5) is 3.53. The molecule has 0 saturated carbocycles. The molecule has 2 heterocycles. The van der Waals surface area contributed by atoms with Gasteiger partial charge in [-0.05, 0) is 50.2 Å². The van der Waals surface area contributed by atoms with Crippen LogP contribution < -0.4 is 15.1 Å². The van der Waals surface area contributed by atoms with Crippen LogP contribution in [0.1, 0.15) is 19.4 Å². The van der Waals surface area contributed by atoms with E-state index in [4.69, 9.17) is 11.6 Å². The molecule has 2 aromatic carbocycles. The van der Waals surface area contributed by atoms with E-state index >= 15 is 0 Å². The highest BCUT2D eigenvalue weighted by Gasteiger charge is 2.39. The van der Waals surface area contributed by atoms with E-state index in [0.29, 0.717) is 12.1 Å². The summed E-state index contributed by atoms with van der Waals surface area (Å²) in [6.45, 7) is 6.05. The van der Waals surface area contributed by atoms with Gasteiger partial charge in [-0.15, -0.1) is 0 Å². The van der Waals surface area contributed by atoms with Gasteiger partial charge in [0.05, 0.1) is 10.6 Å². The Morgan fingerprint density at radius 2 is 1.74 bits per heavy atom. The second-order valence-corrected chi connectivity index (χ2v) is 11.3. The number of anilines is 2. The van der Waals surface area contributed by atoms with Crippen LogP contribution in [0.15, 0.2) is 41.3 Å². The highest BCUT2D eigenvalue weighted by Crippen LogP contribution is 2.38. The van der Waals surface area contributed by atoms with Crippen molar-refractivity contribution < 1.29 is 26.0 Å². The van der Waals surface area contributed by atoms with Gasteiger partial charge >= 0.3 is 6.18 Å². The molecule has 2 fully saturated rings. The molecule has 4 rings (SSSR count). The van der Waals surface area contributed by atoms with Crippen molar-refractivity contribution in [3.8, 4) is 0 Å². The Morgan fingerprint density at radius 3 is 2.37 bits per heavy atom. The van der Waals surface area contributed by atoms with Gasteiger partial charge in [0, 0.05) is 62.7 Å². The van der Waals surface area contributed by atoms with Crippen LogP contribution in [-0.2, 0) is 16.2 Å². The Kier molecular flexibility index (Phi) is 7.25. The van der Waals surface area contributed by atoms with Crippen LogP contribution in [-0.4, -0.2) is 64.1 Å². The summed E-state index contributed by atoms with van der Waals surface area (Å²) in [5, 5.41) is 3.45. The van der Waals surface area contributed by atoms with Gasteiger partial charge in [-0.25, -0.2) is 12.8 Å². The molecular weight excluding hydrogens is 508 g/mol. The Hall–Kier alpha value is -2.08. The Bertz CT molecular complexity index is 1190. The molecule has 2 aliphatic rings. The number of hydrogen-bond donors (Lipinski definition) is 1. The van der Waals surface area contributed by atoms with E-state index in [1.807, 2.05) is 0 Å². The van der Waals surface area contributed by atoms with E-state index in [-0.39, 0.29) is 35.2 Å². The van der Waals surface area contributed by atoms with Crippen molar-refractivity contribution in [3.63, 3.8) is 0 Å². The lowest BCUT2D eigenvalue weighted by atomic mass is 10.1. The largest absolute Gasteiger partial charge is 0.418 e. The number of nitrogens with one attached hydrogen (secondary N) is 1. The monoisotopic (exact) mass is 534 g/mol. The number of hydrogen-bond acceptors (Lipinski definition) is 5. The van der Waals surface area contributed by atoms with Crippen molar-refractivity contribution in [1.82, 2.24) is 9.62 Å². The summed E-state index contributed by atoms with van der Waals surface area (Å²) in [5.74, 6) is -0.983. The van der Waals surface area contributed by atoms with Crippen molar-refractivity contribution in [2.24, 2.45) is 0 Å². The fourth-order valence-corrected chi connectivity index (χ4v) is 6.84. The van der Waals surface area contributed by atoms with Gasteiger partial charge in [-0.2, -0.15) is 17.5 Å². The zero-order valence-corrected chi connectivity index (χ0v) is 20.9. The van der Waals surface area contributed by atoms with E-state index in [1.165, 1.54) is 15.3 Å². The quantitative estimate of drug-likeness (QED) is 0.596. The van der Waals surface area contributed by atoms with E-state index in [2.05, 4.69) is 17.1 Å². The lowest BCUT2D eigenvalue weighted by Crippen LogP contribution is -2.54. The van der Waals surface area contributed by atoms with Crippen molar-refractivity contribution in [2.45, 2.75) is 37.0 Å². The molecule has 2 atom stereocenters. The molecule has 0 radical (unpaired) electrons. The molecule has 192 valence electrons. The van der Waals surface area contributed by atoms with Crippen LogP contribution in [0.25, 0.3) is 0 Å². The molecule has 0 unspecified atom stereocenters. The van der Waals surface area contributed by atoms with E-state index < -0.39 is 33.6 Å². The molecule has 0 aromatic heterocycles. The van der Waals surface area contributed by atoms with E-state index in [9.17, 15) is 26.0 Å². The molecule has 2 aromatic rings. The minimum Gasteiger partial charge on any atom is -0.369 e. The van der Waals surface area contributed by atoms with Crippen LogP contribution in [0.2, 0.25) is 5.02 Å². The zero-order chi connectivity index (χ0) is 25.5.